The molecule has 0 aromatic carbocycles. The summed E-state index contributed by atoms with van der Waals surface area (Å²) in [5, 5.41) is 0. The molecule has 4 aromatic heterocycles. The number of hydrogen-bond acceptors (Lipinski definition) is 4. The van der Waals surface area contributed by atoms with Gasteiger partial charge in [0.25, 0.3) is 0 Å². The summed E-state index contributed by atoms with van der Waals surface area (Å²) >= 11 is 0. The van der Waals surface area contributed by atoms with E-state index in [-0.39, 0.29) is 0 Å². The molecule has 0 saturated heterocycles. The maximum Gasteiger partial charge on any atom is 0.0725 e. The molecule has 4 rings (SSSR count). The molecule has 4 heterocycles. The summed E-state index contributed by atoms with van der Waals surface area (Å²) in [7, 11) is 0. The minimum absolute atomic E-state index is 0.890. The highest BCUT2D eigenvalue weighted by atomic mass is 14.7. The number of pyridine rings is 4. The molecule has 0 aliphatic heterocycles. The molecule has 0 aliphatic rings. The van der Waals surface area contributed by atoms with Gasteiger partial charge in [0.15, 0.2) is 0 Å². The van der Waals surface area contributed by atoms with Gasteiger partial charge in [0.2, 0.25) is 0 Å². The SMILES string of the molecule is c1cncc(-c2ccc(-c3cccc(-c4cccnc4)n3)cn2)c1. The maximum absolute atomic E-state index is 4.72. The number of rotatable bonds is 3. The summed E-state index contributed by atoms with van der Waals surface area (Å²) in [6, 6.07) is 17.8. The average Bonchev–Trinajstić information content (AvgIpc) is 2.70. The third kappa shape index (κ3) is 2.90. The highest BCUT2D eigenvalue weighted by Crippen LogP contribution is 2.23. The third-order valence-electron chi connectivity index (χ3n) is 3.72. The lowest BCUT2D eigenvalue weighted by atomic mass is 10.1. The lowest BCUT2D eigenvalue weighted by Gasteiger charge is -2.06. The molecule has 0 amide bonds. The molecular formula is C20H14N4. The van der Waals surface area contributed by atoms with Crippen LogP contribution >= 0.6 is 0 Å². The van der Waals surface area contributed by atoms with Crippen molar-refractivity contribution in [3.63, 3.8) is 0 Å². The predicted octanol–water partition coefficient (Wildman–Crippen LogP) is 4.27. The predicted molar refractivity (Wildman–Crippen MR) is 93.9 cm³/mol. The Balaban J connectivity index is 1.67. The van der Waals surface area contributed by atoms with E-state index in [1.54, 1.807) is 12.4 Å². The van der Waals surface area contributed by atoms with Crippen LogP contribution in [0.4, 0.5) is 0 Å². The molecule has 0 radical (unpaired) electrons. The van der Waals surface area contributed by atoms with Gasteiger partial charge >= 0.3 is 0 Å². The molecular weight excluding hydrogens is 296 g/mol. The Morgan fingerprint density at radius 3 is 1.67 bits per heavy atom. The van der Waals surface area contributed by atoms with E-state index in [9.17, 15) is 0 Å². The van der Waals surface area contributed by atoms with Crippen LogP contribution in [0.1, 0.15) is 0 Å². The first-order valence-electron chi connectivity index (χ1n) is 7.64. The quantitative estimate of drug-likeness (QED) is 0.567. The number of hydrogen-bond donors (Lipinski definition) is 0. The largest absolute Gasteiger partial charge is 0.264 e. The maximum atomic E-state index is 4.72. The summed E-state index contributed by atoms with van der Waals surface area (Å²) in [5.41, 5.74) is 5.67. The zero-order valence-electron chi connectivity index (χ0n) is 12.9. The molecule has 0 saturated carbocycles. The molecule has 0 aliphatic carbocycles. The molecule has 0 fully saturated rings. The van der Waals surface area contributed by atoms with Crippen LogP contribution in [0.3, 0.4) is 0 Å². The lowest BCUT2D eigenvalue weighted by Crippen LogP contribution is -1.90. The first-order valence-corrected chi connectivity index (χ1v) is 7.64. The van der Waals surface area contributed by atoms with Crippen molar-refractivity contribution in [1.29, 1.82) is 0 Å². The van der Waals surface area contributed by atoms with E-state index in [2.05, 4.69) is 15.0 Å². The van der Waals surface area contributed by atoms with Crippen LogP contribution in [0.25, 0.3) is 33.8 Å². The van der Waals surface area contributed by atoms with Crippen molar-refractivity contribution in [1.82, 2.24) is 19.9 Å². The van der Waals surface area contributed by atoms with Crippen LogP contribution in [-0.4, -0.2) is 19.9 Å². The molecule has 0 N–H and O–H groups in total. The van der Waals surface area contributed by atoms with Gasteiger partial charge in [0.05, 0.1) is 17.1 Å². The normalized spacial score (nSPS) is 10.5. The topological polar surface area (TPSA) is 51.6 Å². The van der Waals surface area contributed by atoms with E-state index in [0.717, 1.165) is 33.8 Å². The van der Waals surface area contributed by atoms with E-state index in [1.165, 1.54) is 0 Å². The van der Waals surface area contributed by atoms with E-state index in [0.29, 0.717) is 0 Å². The molecule has 0 bridgehead atoms. The standard InChI is InChI=1S/C20H14N4/c1-6-19(16-5-3-11-22-13-16)24-20(7-1)17-8-9-18(23-14-17)15-4-2-10-21-12-15/h1-14H. The Bertz CT molecular complexity index is 936. The van der Waals surface area contributed by atoms with Crippen molar-refractivity contribution < 1.29 is 0 Å². The Kier molecular flexibility index (Phi) is 3.78. The summed E-state index contributed by atoms with van der Waals surface area (Å²) in [4.78, 5) is 17.5. The summed E-state index contributed by atoms with van der Waals surface area (Å²) in [6.45, 7) is 0. The summed E-state index contributed by atoms with van der Waals surface area (Å²) < 4.78 is 0. The molecule has 24 heavy (non-hydrogen) atoms. The first kappa shape index (κ1) is 14.2. The minimum atomic E-state index is 0.890. The van der Waals surface area contributed by atoms with Gasteiger partial charge < -0.3 is 0 Å². The zero-order valence-corrected chi connectivity index (χ0v) is 12.9. The van der Waals surface area contributed by atoms with Gasteiger partial charge in [-0.3, -0.25) is 15.0 Å². The lowest BCUT2D eigenvalue weighted by molar-refractivity contribution is 1.25. The van der Waals surface area contributed by atoms with Crippen LogP contribution in [0.2, 0.25) is 0 Å². The van der Waals surface area contributed by atoms with Crippen molar-refractivity contribution in [3.8, 4) is 33.8 Å². The van der Waals surface area contributed by atoms with E-state index in [1.807, 2.05) is 73.2 Å². The Morgan fingerprint density at radius 2 is 1.12 bits per heavy atom. The number of nitrogens with zero attached hydrogens (tertiary/aromatic N) is 4. The van der Waals surface area contributed by atoms with Gasteiger partial charge in [-0.05, 0) is 48.5 Å². The average molecular weight is 310 g/mol. The second-order valence-corrected chi connectivity index (χ2v) is 5.32. The van der Waals surface area contributed by atoms with Gasteiger partial charge in [-0.2, -0.15) is 0 Å². The van der Waals surface area contributed by atoms with Gasteiger partial charge in [-0.25, -0.2) is 4.98 Å². The van der Waals surface area contributed by atoms with Crippen LogP contribution in [0.15, 0.2) is 85.6 Å². The van der Waals surface area contributed by atoms with Crippen LogP contribution in [-0.2, 0) is 0 Å². The van der Waals surface area contributed by atoms with E-state index in [4.69, 9.17) is 4.98 Å². The molecule has 4 heteroatoms. The fraction of sp³-hybridized carbons (Fsp3) is 0. The van der Waals surface area contributed by atoms with Crippen molar-refractivity contribution in [2.45, 2.75) is 0 Å². The van der Waals surface area contributed by atoms with Crippen LogP contribution in [0, 0.1) is 0 Å². The monoisotopic (exact) mass is 310 g/mol. The van der Waals surface area contributed by atoms with Crippen molar-refractivity contribution in [3.05, 3.63) is 85.6 Å². The molecule has 4 nitrogen and oxygen atoms in total. The Hall–Kier alpha value is -3.40. The highest BCUT2D eigenvalue weighted by Gasteiger charge is 2.05. The smallest absolute Gasteiger partial charge is 0.0725 e. The molecule has 0 atom stereocenters. The van der Waals surface area contributed by atoms with Crippen molar-refractivity contribution in [2.24, 2.45) is 0 Å². The van der Waals surface area contributed by atoms with Gasteiger partial charge in [-0.15, -0.1) is 0 Å². The van der Waals surface area contributed by atoms with Gasteiger partial charge in [-0.1, -0.05) is 6.07 Å². The van der Waals surface area contributed by atoms with Crippen molar-refractivity contribution >= 4 is 0 Å². The molecule has 4 aromatic rings. The van der Waals surface area contributed by atoms with Gasteiger partial charge in [0.1, 0.15) is 0 Å². The highest BCUT2D eigenvalue weighted by molar-refractivity contribution is 5.67. The van der Waals surface area contributed by atoms with Crippen LogP contribution in [0.5, 0.6) is 0 Å². The van der Waals surface area contributed by atoms with Crippen LogP contribution < -0.4 is 0 Å². The second-order valence-electron chi connectivity index (χ2n) is 5.32. The minimum Gasteiger partial charge on any atom is -0.264 e. The molecule has 0 spiro atoms. The van der Waals surface area contributed by atoms with E-state index >= 15 is 0 Å². The Morgan fingerprint density at radius 1 is 0.500 bits per heavy atom. The summed E-state index contributed by atoms with van der Waals surface area (Å²) in [5.74, 6) is 0. The zero-order chi connectivity index (χ0) is 16.2. The fourth-order valence-corrected chi connectivity index (χ4v) is 2.50. The fourth-order valence-electron chi connectivity index (χ4n) is 2.50. The number of aromatic nitrogens is 4. The van der Waals surface area contributed by atoms with E-state index < -0.39 is 0 Å². The Labute approximate surface area is 139 Å². The summed E-state index contributed by atoms with van der Waals surface area (Å²) in [6.07, 6.45) is 8.98. The second kappa shape index (κ2) is 6.38. The first-order chi connectivity index (χ1) is 11.9. The third-order valence-corrected chi connectivity index (χ3v) is 3.72. The molecule has 114 valence electrons. The van der Waals surface area contributed by atoms with Crippen molar-refractivity contribution in [2.75, 3.05) is 0 Å². The van der Waals surface area contributed by atoms with Gasteiger partial charge in [0, 0.05) is 47.7 Å². The molecule has 0 unspecified atom stereocenters.